The molecule has 0 aliphatic carbocycles. The Kier molecular flexibility index (Phi) is 9.05. The maximum atomic E-state index is 12.3. The Morgan fingerprint density at radius 3 is 2.43 bits per heavy atom. The van der Waals surface area contributed by atoms with Crippen molar-refractivity contribution in [1.29, 1.82) is 0 Å². The molecule has 0 radical (unpaired) electrons. The number of likely N-dealkylation sites (N-methyl/N-ethyl adjacent to an activating group) is 1. The molecule has 1 aliphatic rings. The summed E-state index contributed by atoms with van der Waals surface area (Å²) >= 11 is 0. The standard InChI is InChI=1S/C20H32F3N5/c1-3-24-19(25-10-9-20(21,22)23)26-15-17-5-7-18(8-6-17)16-28-12-4-11-27(2)13-14-28/h5-8H,3-4,9-16H2,1-2H3,(H2,24,25,26). The zero-order valence-electron chi connectivity index (χ0n) is 16.9. The number of guanidine groups is 1. The van der Waals surface area contributed by atoms with Gasteiger partial charge in [-0.25, -0.2) is 4.99 Å². The van der Waals surface area contributed by atoms with Gasteiger partial charge in [0.05, 0.1) is 13.0 Å². The normalized spacial score (nSPS) is 17.4. The topological polar surface area (TPSA) is 42.9 Å². The maximum absolute atomic E-state index is 12.3. The Morgan fingerprint density at radius 2 is 1.75 bits per heavy atom. The van der Waals surface area contributed by atoms with Gasteiger partial charge in [0.25, 0.3) is 0 Å². The Bertz CT molecular complexity index is 601. The largest absolute Gasteiger partial charge is 0.390 e. The molecule has 0 aromatic heterocycles. The van der Waals surface area contributed by atoms with Crippen molar-refractivity contribution in [2.75, 3.05) is 46.3 Å². The lowest BCUT2D eigenvalue weighted by Gasteiger charge is -2.20. The average molecular weight is 400 g/mol. The maximum Gasteiger partial charge on any atom is 0.390 e. The molecule has 5 nitrogen and oxygen atoms in total. The molecule has 8 heteroatoms. The summed E-state index contributed by atoms with van der Waals surface area (Å²) in [6.45, 7) is 8.12. The van der Waals surface area contributed by atoms with Gasteiger partial charge in [0, 0.05) is 32.7 Å². The first-order valence-electron chi connectivity index (χ1n) is 9.93. The summed E-state index contributed by atoms with van der Waals surface area (Å²) in [6, 6.07) is 8.32. The minimum atomic E-state index is -4.16. The molecule has 158 valence electrons. The van der Waals surface area contributed by atoms with Crippen LogP contribution in [0.2, 0.25) is 0 Å². The second-order valence-corrected chi connectivity index (χ2v) is 7.24. The first-order chi connectivity index (χ1) is 13.4. The number of halogens is 3. The van der Waals surface area contributed by atoms with Crippen LogP contribution in [0.3, 0.4) is 0 Å². The third kappa shape index (κ3) is 8.93. The molecule has 1 heterocycles. The van der Waals surface area contributed by atoms with E-state index in [1.54, 1.807) is 0 Å². The minimum Gasteiger partial charge on any atom is -0.357 e. The van der Waals surface area contributed by atoms with E-state index in [9.17, 15) is 13.2 Å². The van der Waals surface area contributed by atoms with Crippen LogP contribution in [0.15, 0.2) is 29.3 Å². The van der Waals surface area contributed by atoms with Crippen molar-refractivity contribution in [2.24, 2.45) is 4.99 Å². The van der Waals surface area contributed by atoms with Crippen LogP contribution < -0.4 is 10.6 Å². The van der Waals surface area contributed by atoms with Gasteiger partial charge in [-0.3, -0.25) is 4.90 Å². The van der Waals surface area contributed by atoms with Crippen molar-refractivity contribution in [2.45, 2.75) is 39.0 Å². The third-order valence-corrected chi connectivity index (χ3v) is 4.71. The van der Waals surface area contributed by atoms with E-state index in [1.165, 1.54) is 12.0 Å². The summed E-state index contributed by atoms with van der Waals surface area (Å²) in [5, 5.41) is 5.71. The van der Waals surface area contributed by atoms with Gasteiger partial charge >= 0.3 is 6.18 Å². The molecule has 0 saturated carbocycles. The summed E-state index contributed by atoms with van der Waals surface area (Å²) < 4.78 is 36.9. The van der Waals surface area contributed by atoms with E-state index >= 15 is 0 Å². The van der Waals surface area contributed by atoms with Gasteiger partial charge in [0.1, 0.15) is 0 Å². The smallest absolute Gasteiger partial charge is 0.357 e. The van der Waals surface area contributed by atoms with Crippen LogP contribution in [0, 0.1) is 0 Å². The highest BCUT2D eigenvalue weighted by atomic mass is 19.4. The number of nitrogens with zero attached hydrogens (tertiary/aromatic N) is 3. The fourth-order valence-corrected chi connectivity index (χ4v) is 3.10. The number of hydrogen-bond donors (Lipinski definition) is 2. The lowest BCUT2D eigenvalue weighted by molar-refractivity contribution is -0.132. The third-order valence-electron chi connectivity index (χ3n) is 4.71. The molecule has 0 bridgehead atoms. The fraction of sp³-hybridized carbons (Fsp3) is 0.650. The lowest BCUT2D eigenvalue weighted by Crippen LogP contribution is -2.38. The fourth-order valence-electron chi connectivity index (χ4n) is 3.10. The zero-order chi connectivity index (χ0) is 20.4. The quantitative estimate of drug-likeness (QED) is 0.547. The average Bonchev–Trinajstić information content (AvgIpc) is 2.84. The highest BCUT2D eigenvalue weighted by Gasteiger charge is 2.26. The molecule has 1 aromatic rings. The van der Waals surface area contributed by atoms with Crippen LogP contribution in [0.25, 0.3) is 0 Å². The van der Waals surface area contributed by atoms with E-state index < -0.39 is 12.6 Å². The molecule has 1 fully saturated rings. The van der Waals surface area contributed by atoms with Crippen LogP contribution in [-0.4, -0.2) is 68.3 Å². The van der Waals surface area contributed by atoms with E-state index in [1.807, 2.05) is 19.1 Å². The summed E-state index contributed by atoms with van der Waals surface area (Å²) in [6.07, 6.45) is -3.85. The summed E-state index contributed by atoms with van der Waals surface area (Å²) in [5.41, 5.74) is 2.31. The SMILES string of the molecule is CCNC(=NCc1ccc(CN2CCCN(C)CC2)cc1)NCCC(F)(F)F. The van der Waals surface area contributed by atoms with Crippen LogP contribution >= 0.6 is 0 Å². The monoisotopic (exact) mass is 399 g/mol. The molecule has 28 heavy (non-hydrogen) atoms. The molecule has 0 spiro atoms. The molecule has 2 rings (SSSR count). The van der Waals surface area contributed by atoms with Crippen molar-refractivity contribution in [1.82, 2.24) is 20.4 Å². The molecule has 0 atom stereocenters. The van der Waals surface area contributed by atoms with E-state index in [-0.39, 0.29) is 6.54 Å². The van der Waals surface area contributed by atoms with E-state index in [0.717, 1.165) is 38.3 Å². The van der Waals surface area contributed by atoms with Gasteiger partial charge in [0.15, 0.2) is 5.96 Å². The summed E-state index contributed by atoms with van der Waals surface area (Å²) in [5.74, 6) is 0.407. The predicted molar refractivity (Wildman–Crippen MR) is 107 cm³/mol. The Hall–Kier alpha value is -1.80. The van der Waals surface area contributed by atoms with E-state index in [2.05, 4.69) is 44.6 Å². The highest BCUT2D eigenvalue weighted by Crippen LogP contribution is 2.18. The number of aliphatic imine (C=N–C) groups is 1. The van der Waals surface area contributed by atoms with Gasteiger partial charge < -0.3 is 15.5 Å². The second kappa shape index (κ2) is 11.3. The number of hydrogen-bond acceptors (Lipinski definition) is 3. The van der Waals surface area contributed by atoms with Gasteiger partial charge in [-0.1, -0.05) is 24.3 Å². The first-order valence-corrected chi connectivity index (χ1v) is 9.93. The van der Waals surface area contributed by atoms with Crippen LogP contribution in [-0.2, 0) is 13.1 Å². The minimum absolute atomic E-state index is 0.181. The summed E-state index contributed by atoms with van der Waals surface area (Å²) in [7, 11) is 2.17. The molecule has 1 saturated heterocycles. The van der Waals surface area contributed by atoms with Crippen molar-refractivity contribution < 1.29 is 13.2 Å². The molecule has 0 unspecified atom stereocenters. The van der Waals surface area contributed by atoms with E-state index in [4.69, 9.17) is 0 Å². The molecule has 0 amide bonds. The Balaban J connectivity index is 1.84. The van der Waals surface area contributed by atoms with Gasteiger partial charge in [-0.05, 0) is 44.6 Å². The van der Waals surface area contributed by atoms with E-state index in [0.29, 0.717) is 19.0 Å². The zero-order valence-corrected chi connectivity index (χ0v) is 16.9. The Labute approximate surface area is 166 Å². The second-order valence-electron chi connectivity index (χ2n) is 7.24. The number of rotatable bonds is 7. The van der Waals surface area contributed by atoms with Crippen LogP contribution in [0.4, 0.5) is 13.2 Å². The molecule has 2 N–H and O–H groups in total. The van der Waals surface area contributed by atoms with Crippen molar-refractivity contribution in [3.05, 3.63) is 35.4 Å². The van der Waals surface area contributed by atoms with Crippen molar-refractivity contribution in [3.63, 3.8) is 0 Å². The summed E-state index contributed by atoms with van der Waals surface area (Å²) in [4.78, 5) is 9.22. The number of alkyl halides is 3. The number of nitrogens with one attached hydrogen (secondary N) is 2. The Morgan fingerprint density at radius 1 is 1.04 bits per heavy atom. The van der Waals surface area contributed by atoms with Crippen molar-refractivity contribution >= 4 is 5.96 Å². The molecular formula is C20H32F3N5. The number of benzene rings is 1. The first kappa shape index (κ1) is 22.5. The van der Waals surface area contributed by atoms with Crippen LogP contribution in [0.5, 0.6) is 0 Å². The van der Waals surface area contributed by atoms with Crippen molar-refractivity contribution in [3.8, 4) is 0 Å². The van der Waals surface area contributed by atoms with Gasteiger partial charge in [0.2, 0.25) is 0 Å². The molecular weight excluding hydrogens is 367 g/mol. The van der Waals surface area contributed by atoms with Gasteiger partial charge in [-0.2, -0.15) is 13.2 Å². The molecule has 1 aromatic carbocycles. The predicted octanol–water partition coefficient (Wildman–Crippen LogP) is 2.83. The molecule has 1 aliphatic heterocycles. The highest BCUT2D eigenvalue weighted by molar-refractivity contribution is 5.79. The lowest BCUT2D eigenvalue weighted by atomic mass is 10.1. The van der Waals surface area contributed by atoms with Crippen LogP contribution in [0.1, 0.15) is 30.9 Å². The van der Waals surface area contributed by atoms with Gasteiger partial charge in [-0.15, -0.1) is 0 Å².